The summed E-state index contributed by atoms with van der Waals surface area (Å²) in [5.74, 6) is 3.80. The molecule has 0 aliphatic heterocycles. The number of nitrogens with one attached hydrogen (secondary N) is 1. The monoisotopic (exact) mass is 511 g/mol. The maximum Gasteiger partial charge on any atom is 0.134 e. The molecule has 0 amide bonds. The minimum atomic E-state index is 0.522. The Morgan fingerprint density at radius 1 is 0.947 bits per heavy atom. The topological polar surface area (TPSA) is 59.6 Å². The lowest BCUT2D eigenvalue weighted by Gasteiger charge is -2.15. The van der Waals surface area contributed by atoms with E-state index in [2.05, 4.69) is 45.2 Å². The van der Waals surface area contributed by atoms with E-state index in [4.69, 9.17) is 15.5 Å². The third kappa shape index (κ3) is 10.1. The molecule has 0 aromatic heterocycles. The largest absolute Gasteiger partial charge is 0.457 e. The van der Waals surface area contributed by atoms with E-state index in [1.165, 1.54) is 38.5 Å². The third-order valence-corrected chi connectivity index (χ3v) is 6.66. The molecule has 4 nitrogen and oxygen atoms in total. The van der Waals surface area contributed by atoms with E-state index in [1.54, 1.807) is 0 Å². The normalized spacial score (nSPS) is 14.3. The highest BCUT2D eigenvalue weighted by molar-refractivity contribution is 6.03. The van der Waals surface area contributed by atoms with Gasteiger partial charge >= 0.3 is 0 Å². The Labute approximate surface area is 230 Å². The van der Waals surface area contributed by atoms with Crippen LogP contribution in [0.2, 0.25) is 0 Å². The van der Waals surface area contributed by atoms with Crippen LogP contribution in [0.25, 0.3) is 0 Å². The van der Waals surface area contributed by atoms with E-state index in [0.29, 0.717) is 18.2 Å². The van der Waals surface area contributed by atoms with Gasteiger partial charge in [-0.2, -0.15) is 0 Å². The summed E-state index contributed by atoms with van der Waals surface area (Å²) < 4.78 is 5.97. The molecule has 1 atom stereocenters. The van der Waals surface area contributed by atoms with Crippen LogP contribution >= 0.6 is 0 Å². The Kier molecular flexibility index (Phi) is 12.0. The van der Waals surface area contributed by atoms with Crippen LogP contribution in [0.1, 0.15) is 77.3 Å². The first-order valence-electron chi connectivity index (χ1n) is 14.2. The highest BCUT2D eigenvalue weighted by Crippen LogP contribution is 2.37. The number of amidine groups is 1. The number of aliphatic imine (C=N–C) groups is 1. The molecule has 202 valence electrons. The van der Waals surface area contributed by atoms with Crippen LogP contribution in [-0.4, -0.2) is 5.84 Å². The molecule has 0 radical (unpaired) electrons. The highest BCUT2D eigenvalue weighted by atomic mass is 16.5. The predicted molar refractivity (Wildman–Crippen MR) is 163 cm³/mol. The van der Waals surface area contributed by atoms with Crippen molar-refractivity contribution in [2.24, 2.45) is 16.8 Å². The fraction of sp³-hybridized carbons (Fsp3) is 0.382. The summed E-state index contributed by atoms with van der Waals surface area (Å²) in [4.78, 5) is 4.91. The molecule has 1 aliphatic rings. The summed E-state index contributed by atoms with van der Waals surface area (Å²) in [5.41, 5.74) is 10.1. The third-order valence-electron chi connectivity index (χ3n) is 6.66. The average molecular weight is 512 g/mol. The van der Waals surface area contributed by atoms with Gasteiger partial charge in [-0.1, -0.05) is 95.0 Å². The first kappa shape index (κ1) is 29.0. The molecule has 3 N–H and O–H groups in total. The van der Waals surface area contributed by atoms with E-state index < -0.39 is 0 Å². The molecule has 1 aliphatic carbocycles. The molecular formula is C34H45N3O. The summed E-state index contributed by atoms with van der Waals surface area (Å²) >= 11 is 0. The summed E-state index contributed by atoms with van der Waals surface area (Å²) in [6.45, 7) is 9.37. The molecule has 0 spiro atoms. The zero-order chi connectivity index (χ0) is 27.2. The number of nitrogens with zero attached hydrogens (tertiary/aromatic N) is 1. The van der Waals surface area contributed by atoms with Gasteiger partial charge in [-0.05, 0) is 73.6 Å². The Morgan fingerprint density at radius 3 is 2.26 bits per heavy atom. The van der Waals surface area contributed by atoms with Crippen LogP contribution in [-0.2, 0) is 6.54 Å². The lowest BCUT2D eigenvalue weighted by atomic mass is 10.1. The van der Waals surface area contributed by atoms with Gasteiger partial charge in [0.1, 0.15) is 17.3 Å². The van der Waals surface area contributed by atoms with E-state index in [9.17, 15) is 0 Å². The maximum atomic E-state index is 6.28. The second-order valence-corrected chi connectivity index (χ2v) is 10.2. The molecule has 4 rings (SSSR count). The van der Waals surface area contributed by atoms with Gasteiger partial charge in [0.25, 0.3) is 0 Å². The van der Waals surface area contributed by atoms with E-state index >= 15 is 0 Å². The van der Waals surface area contributed by atoms with Crippen LogP contribution < -0.4 is 15.8 Å². The molecule has 1 unspecified atom stereocenters. The number of benzene rings is 3. The average Bonchev–Trinajstić information content (AvgIpc) is 3.77. The van der Waals surface area contributed by atoms with Gasteiger partial charge in [0.15, 0.2) is 0 Å². The van der Waals surface area contributed by atoms with Crippen molar-refractivity contribution in [3.8, 4) is 11.5 Å². The van der Waals surface area contributed by atoms with E-state index in [0.717, 1.165) is 40.1 Å². The zero-order valence-corrected chi connectivity index (χ0v) is 23.6. The Hall–Kier alpha value is -3.53. The lowest BCUT2D eigenvalue weighted by Crippen LogP contribution is -2.24. The van der Waals surface area contributed by atoms with Crippen LogP contribution in [0.4, 0.5) is 5.69 Å². The van der Waals surface area contributed by atoms with Crippen molar-refractivity contribution in [2.75, 3.05) is 5.73 Å². The van der Waals surface area contributed by atoms with Crippen molar-refractivity contribution in [1.29, 1.82) is 0 Å². The van der Waals surface area contributed by atoms with Crippen molar-refractivity contribution >= 4 is 11.5 Å². The number of hydrogen-bond acceptors (Lipinski definition) is 3. The van der Waals surface area contributed by atoms with Crippen molar-refractivity contribution < 1.29 is 4.74 Å². The van der Waals surface area contributed by atoms with E-state index in [-0.39, 0.29) is 0 Å². The fourth-order valence-electron chi connectivity index (χ4n) is 4.29. The number of nitrogen functional groups attached to an aromatic ring is 1. The molecule has 1 saturated carbocycles. The van der Waals surface area contributed by atoms with Crippen molar-refractivity contribution in [2.45, 2.75) is 72.8 Å². The summed E-state index contributed by atoms with van der Waals surface area (Å²) in [6.07, 6.45) is 10.5. The van der Waals surface area contributed by atoms with Gasteiger partial charge < -0.3 is 15.8 Å². The molecule has 3 aromatic rings. The second kappa shape index (κ2) is 15.7. The Balaban J connectivity index is 0.000000599. The van der Waals surface area contributed by atoms with Crippen molar-refractivity contribution in [3.05, 3.63) is 102 Å². The minimum Gasteiger partial charge on any atom is -0.457 e. The van der Waals surface area contributed by atoms with E-state index in [1.807, 2.05) is 72.8 Å². The molecule has 38 heavy (non-hydrogen) atoms. The van der Waals surface area contributed by atoms with Crippen LogP contribution in [0, 0.1) is 11.8 Å². The number of unbranched alkanes of at least 4 members (excludes halogenated alkanes) is 3. The highest BCUT2D eigenvalue weighted by Gasteiger charge is 2.26. The van der Waals surface area contributed by atoms with Crippen LogP contribution in [0.15, 0.2) is 95.6 Å². The molecule has 4 heteroatoms. The number of para-hydroxylation sites is 2. The van der Waals surface area contributed by atoms with Crippen molar-refractivity contribution in [3.63, 3.8) is 0 Å². The van der Waals surface area contributed by atoms with Gasteiger partial charge in [0.05, 0.1) is 6.54 Å². The Bertz CT molecular complexity index is 1160. The Morgan fingerprint density at radius 2 is 1.61 bits per heavy atom. The number of nitrogens with two attached hydrogens (primary N) is 1. The zero-order valence-electron chi connectivity index (χ0n) is 23.6. The number of rotatable bonds is 11. The molecular weight excluding hydrogens is 466 g/mol. The van der Waals surface area contributed by atoms with Gasteiger partial charge in [0.2, 0.25) is 0 Å². The maximum absolute atomic E-state index is 6.28. The number of allylic oxidation sites excluding steroid dienone is 2. The number of anilines is 1. The predicted octanol–water partition coefficient (Wildman–Crippen LogP) is 9.13. The number of ether oxygens (including phenoxy) is 1. The van der Waals surface area contributed by atoms with Crippen LogP contribution in [0.3, 0.4) is 0 Å². The van der Waals surface area contributed by atoms with Gasteiger partial charge in [0, 0.05) is 16.9 Å². The summed E-state index contributed by atoms with van der Waals surface area (Å²) in [6, 6.07) is 25.7. The lowest BCUT2D eigenvalue weighted by molar-refractivity contribution is 0.482. The van der Waals surface area contributed by atoms with Crippen LogP contribution in [0.5, 0.6) is 11.5 Å². The summed E-state index contributed by atoms with van der Waals surface area (Å²) in [5, 5.41) is 3.51. The minimum absolute atomic E-state index is 0.522. The first-order chi connectivity index (χ1) is 18.5. The standard InChI is InChI=1S/C28H31N3O.C6H14/c1-20(23-15-16-23)17-21(2)31-28(26-13-6-7-14-27(26)29)30-19-22-9-8-12-25(18-22)32-24-10-4-3-5-11-24;1-3-5-6-4-2/h3-14,17-18,20,23H,15-16,19,29H2,1-2H3,(H,30,31);3-6H2,1-2H3/b21-17+;. The van der Waals surface area contributed by atoms with Gasteiger partial charge in [-0.25, -0.2) is 0 Å². The van der Waals surface area contributed by atoms with Gasteiger partial charge in [-0.3, -0.25) is 4.99 Å². The molecule has 1 fully saturated rings. The molecule has 3 aromatic carbocycles. The molecule has 0 bridgehead atoms. The first-order valence-corrected chi connectivity index (χ1v) is 14.2. The van der Waals surface area contributed by atoms with Crippen molar-refractivity contribution in [1.82, 2.24) is 5.32 Å². The number of hydrogen-bond donors (Lipinski definition) is 2. The fourth-order valence-corrected chi connectivity index (χ4v) is 4.29. The molecule has 0 saturated heterocycles. The quantitative estimate of drug-likeness (QED) is 0.117. The SMILES string of the molecule is C/C(=C\C(C)C1CC1)NC(=NCc1cccc(Oc2ccccc2)c1)c1ccccc1N.CCCCCC. The second-order valence-electron chi connectivity index (χ2n) is 10.2. The smallest absolute Gasteiger partial charge is 0.134 e. The summed E-state index contributed by atoms with van der Waals surface area (Å²) in [7, 11) is 0. The van der Waals surface area contributed by atoms with Gasteiger partial charge in [-0.15, -0.1) is 0 Å². The molecule has 0 heterocycles.